The third-order valence-electron chi connectivity index (χ3n) is 4.58. The molecule has 2 N–H and O–H groups in total. The van der Waals surface area contributed by atoms with Crippen molar-refractivity contribution in [1.29, 1.82) is 0 Å². The summed E-state index contributed by atoms with van der Waals surface area (Å²) in [5.74, 6) is 0.640. The van der Waals surface area contributed by atoms with Crippen molar-refractivity contribution in [3.63, 3.8) is 0 Å². The molecule has 1 aliphatic rings. The molecular weight excluding hydrogens is 304 g/mol. The molecule has 0 saturated heterocycles. The van der Waals surface area contributed by atoms with Gasteiger partial charge in [0.05, 0.1) is 7.11 Å². The highest BCUT2D eigenvalue weighted by molar-refractivity contribution is 5.97. The molecule has 0 radical (unpaired) electrons. The van der Waals surface area contributed by atoms with E-state index in [1.807, 2.05) is 13.8 Å². The quantitative estimate of drug-likeness (QED) is 0.839. The molecule has 0 aliphatic heterocycles. The van der Waals surface area contributed by atoms with Gasteiger partial charge in [0.1, 0.15) is 11.8 Å². The molecule has 1 aliphatic carbocycles. The van der Waals surface area contributed by atoms with E-state index in [9.17, 15) is 9.59 Å². The molecule has 5 heteroatoms. The van der Waals surface area contributed by atoms with Crippen LogP contribution in [-0.2, 0) is 9.59 Å². The van der Waals surface area contributed by atoms with Gasteiger partial charge in [0, 0.05) is 11.6 Å². The van der Waals surface area contributed by atoms with Crippen molar-refractivity contribution in [3.8, 4) is 5.75 Å². The Kier molecular flexibility index (Phi) is 6.64. The molecule has 24 heavy (non-hydrogen) atoms. The van der Waals surface area contributed by atoms with E-state index < -0.39 is 6.04 Å². The van der Waals surface area contributed by atoms with Crippen LogP contribution in [0.2, 0.25) is 0 Å². The Bertz CT molecular complexity index is 548. The van der Waals surface area contributed by atoms with Crippen molar-refractivity contribution in [1.82, 2.24) is 5.32 Å². The summed E-state index contributed by atoms with van der Waals surface area (Å²) in [6, 6.07) is 6.64. The third kappa shape index (κ3) is 4.98. The van der Waals surface area contributed by atoms with Gasteiger partial charge in [-0.3, -0.25) is 9.59 Å². The summed E-state index contributed by atoms with van der Waals surface area (Å²) >= 11 is 0. The first kappa shape index (κ1) is 18.3. The first-order chi connectivity index (χ1) is 11.5. The van der Waals surface area contributed by atoms with Gasteiger partial charge in [-0.25, -0.2) is 0 Å². The van der Waals surface area contributed by atoms with Crippen molar-refractivity contribution in [2.24, 2.45) is 11.8 Å². The maximum absolute atomic E-state index is 12.6. The highest BCUT2D eigenvalue weighted by Crippen LogP contribution is 2.24. The smallest absolute Gasteiger partial charge is 0.247 e. The van der Waals surface area contributed by atoms with Crippen LogP contribution in [0.25, 0.3) is 0 Å². The van der Waals surface area contributed by atoms with E-state index in [1.165, 1.54) is 6.42 Å². The van der Waals surface area contributed by atoms with Crippen molar-refractivity contribution in [2.75, 3.05) is 12.4 Å². The summed E-state index contributed by atoms with van der Waals surface area (Å²) < 4.78 is 5.11. The summed E-state index contributed by atoms with van der Waals surface area (Å²) in [5, 5.41) is 5.83. The van der Waals surface area contributed by atoms with Gasteiger partial charge in [-0.05, 0) is 43.0 Å². The molecule has 0 unspecified atom stereocenters. The van der Waals surface area contributed by atoms with E-state index in [0.717, 1.165) is 31.4 Å². The first-order valence-electron chi connectivity index (χ1n) is 8.76. The lowest BCUT2D eigenvalue weighted by Crippen LogP contribution is -2.49. The minimum atomic E-state index is -0.526. The summed E-state index contributed by atoms with van der Waals surface area (Å²) in [6.45, 7) is 3.89. The molecule has 2 rings (SSSR count). The molecule has 0 spiro atoms. The molecule has 1 atom stereocenters. The molecule has 0 aromatic heterocycles. The third-order valence-corrected chi connectivity index (χ3v) is 4.58. The second-order valence-corrected chi connectivity index (χ2v) is 6.78. The minimum absolute atomic E-state index is 0.0123. The van der Waals surface area contributed by atoms with Gasteiger partial charge < -0.3 is 15.4 Å². The lowest BCUT2D eigenvalue weighted by Gasteiger charge is -2.26. The molecule has 1 saturated carbocycles. The highest BCUT2D eigenvalue weighted by atomic mass is 16.5. The number of nitrogens with one attached hydrogen (secondary N) is 2. The normalized spacial score (nSPS) is 16.5. The molecular formula is C19H28N2O3. The van der Waals surface area contributed by atoms with Crippen molar-refractivity contribution in [3.05, 3.63) is 24.3 Å². The van der Waals surface area contributed by atoms with E-state index in [1.54, 1.807) is 31.4 Å². The predicted molar refractivity (Wildman–Crippen MR) is 95.0 cm³/mol. The largest absolute Gasteiger partial charge is 0.497 e. The fourth-order valence-electron chi connectivity index (χ4n) is 3.07. The lowest BCUT2D eigenvalue weighted by molar-refractivity contribution is -0.130. The molecule has 1 fully saturated rings. The number of carbonyl (C=O) groups is 2. The van der Waals surface area contributed by atoms with Crippen LogP contribution in [0, 0.1) is 11.8 Å². The average molecular weight is 332 g/mol. The number of hydrogen-bond donors (Lipinski definition) is 2. The van der Waals surface area contributed by atoms with Gasteiger partial charge in [-0.1, -0.05) is 33.1 Å². The molecule has 132 valence electrons. The molecule has 5 nitrogen and oxygen atoms in total. The molecule has 1 aromatic carbocycles. The van der Waals surface area contributed by atoms with Crippen LogP contribution in [0.5, 0.6) is 5.75 Å². The van der Waals surface area contributed by atoms with E-state index in [4.69, 9.17) is 4.74 Å². The summed E-state index contributed by atoms with van der Waals surface area (Å²) in [4.78, 5) is 25.0. The zero-order chi connectivity index (χ0) is 17.5. The monoisotopic (exact) mass is 332 g/mol. The summed E-state index contributed by atoms with van der Waals surface area (Å²) in [7, 11) is 1.60. The number of benzene rings is 1. The Balaban J connectivity index is 1.97. The topological polar surface area (TPSA) is 67.4 Å². The Morgan fingerprint density at radius 2 is 1.71 bits per heavy atom. The number of amides is 2. The Hall–Kier alpha value is -2.04. The van der Waals surface area contributed by atoms with Gasteiger partial charge >= 0.3 is 0 Å². The van der Waals surface area contributed by atoms with E-state index in [0.29, 0.717) is 5.69 Å². The van der Waals surface area contributed by atoms with E-state index in [2.05, 4.69) is 10.6 Å². The zero-order valence-electron chi connectivity index (χ0n) is 14.8. The van der Waals surface area contributed by atoms with Gasteiger partial charge in [0.25, 0.3) is 0 Å². The van der Waals surface area contributed by atoms with Crippen LogP contribution >= 0.6 is 0 Å². The van der Waals surface area contributed by atoms with Gasteiger partial charge in [-0.15, -0.1) is 0 Å². The standard InChI is InChI=1S/C19H28N2O3/c1-13(2)17(21-18(22)14-7-5-4-6-8-14)19(23)20-15-9-11-16(24-3)12-10-15/h9-14,17H,4-8H2,1-3H3,(H,20,23)(H,21,22)/t17-/m0/s1. The highest BCUT2D eigenvalue weighted by Gasteiger charge is 2.28. The Morgan fingerprint density at radius 1 is 1.08 bits per heavy atom. The number of hydrogen-bond acceptors (Lipinski definition) is 3. The number of ether oxygens (including phenoxy) is 1. The summed E-state index contributed by atoms with van der Waals surface area (Å²) in [6.07, 6.45) is 5.26. The minimum Gasteiger partial charge on any atom is -0.497 e. The summed E-state index contributed by atoms with van der Waals surface area (Å²) in [5.41, 5.74) is 0.693. The number of anilines is 1. The van der Waals surface area contributed by atoms with Crippen molar-refractivity contribution in [2.45, 2.75) is 52.0 Å². The molecule has 2 amide bonds. The van der Waals surface area contributed by atoms with Crippen LogP contribution < -0.4 is 15.4 Å². The average Bonchev–Trinajstić information content (AvgIpc) is 2.60. The fourth-order valence-corrected chi connectivity index (χ4v) is 3.07. The van der Waals surface area contributed by atoms with Crippen LogP contribution in [0.4, 0.5) is 5.69 Å². The zero-order valence-corrected chi connectivity index (χ0v) is 14.8. The molecule has 0 heterocycles. The maximum Gasteiger partial charge on any atom is 0.247 e. The van der Waals surface area contributed by atoms with Gasteiger partial charge in [0.2, 0.25) is 11.8 Å². The Morgan fingerprint density at radius 3 is 2.25 bits per heavy atom. The second kappa shape index (κ2) is 8.71. The number of carbonyl (C=O) groups excluding carboxylic acids is 2. The number of methoxy groups -OCH3 is 1. The van der Waals surface area contributed by atoms with E-state index in [-0.39, 0.29) is 23.7 Å². The van der Waals surface area contributed by atoms with Crippen LogP contribution in [-0.4, -0.2) is 25.0 Å². The van der Waals surface area contributed by atoms with Crippen LogP contribution in [0.1, 0.15) is 46.0 Å². The van der Waals surface area contributed by atoms with Crippen LogP contribution in [0.3, 0.4) is 0 Å². The van der Waals surface area contributed by atoms with Crippen LogP contribution in [0.15, 0.2) is 24.3 Å². The SMILES string of the molecule is COc1ccc(NC(=O)[C@@H](NC(=O)C2CCCCC2)C(C)C)cc1. The predicted octanol–water partition coefficient (Wildman–Crippen LogP) is 3.35. The van der Waals surface area contributed by atoms with Gasteiger partial charge in [-0.2, -0.15) is 0 Å². The van der Waals surface area contributed by atoms with E-state index >= 15 is 0 Å². The first-order valence-corrected chi connectivity index (χ1v) is 8.76. The fraction of sp³-hybridized carbons (Fsp3) is 0.579. The maximum atomic E-state index is 12.6. The Labute approximate surface area is 144 Å². The number of rotatable bonds is 6. The molecule has 0 bridgehead atoms. The lowest BCUT2D eigenvalue weighted by atomic mass is 9.88. The second-order valence-electron chi connectivity index (χ2n) is 6.78. The molecule has 1 aromatic rings. The van der Waals surface area contributed by atoms with Gasteiger partial charge in [0.15, 0.2) is 0 Å². The van der Waals surface area contributed by atoms with Crippen molar-refractivity contribution >= 4 is 17.5 Å². The van der Waals surface area contributed by atoms with Crippen molar-refractivity contribution < 1.29 is 14.3 Å².